The highest BCUT2D eigenvalue weighted by Crippen LogP contribution is 2.32. The third-order valence-electron chi connectivity index (χ3n) is 3.84. The molecule has 1 heterocycles. The first-order valence-electron chi connectivity index (χ1n) is 6.75. The standard InChI is InChI=1S/C12H22O11/c1-22-11(20)12(21,9(19)4(15)2-13)10-8(18)7(17)6(16)5(3-14)23-10/h4-10,13-19,21H,2-3H2,1H3/t4-,5-,6-,7+,8-,9-,10?,12-/m1/s1. The van der Waals surface area contributed by atoms with Crippen molar-refractivity contribution in [2.45, 2.75) is 48.3 Å². The van der Waals surface area contributed by atoms with Crippen LogP contribution in [0.5, 0.6) is 0 Å². The molecule has 0 aliphatic carbocycles. The number of ether oxygens (including phenoxy) is 2. The van der Waals surface area contributed by atoms with Gasteiger partial charge < -0.3 is 50.3 Å². The molecule has 0 aromatic rings. The lowest BCUT2D eigenvalue weighted by Crippen LogP contribution is -2.72. The van der Waals surface area contributed by atoms with Gasteiger partial charge in [-0.2, -0.15) is 0 Å². The number of carbonyl (C=O) groups is 1. The second kappa shape index (κ2) is 7.79. The lowest BCUT2D eigenvalue weighted by atomic mass is 9.79. The van der Waals surface area contributed by atoms with Crippen LogP contribution in [0.4, 0.5) is 0 Å². The van der Waals surface area contributed by atoms with Gasteiger partial charge in [0.15, 0.2) is 0 Å². The molecule has 136 valence electrons. The highest BCUT2D eigenvalue weighted by molar-refractivity contribution is 5.81. The van der Waals surface area contributed by atoms with E-state index in [0.717, 1.165) is 7.11 Å². The summed E-state index contributed by atoms with van der Waals surface area (Å²) in [6.45, 7) is -1.88. The molecule has 11 heteroatoms. The van der Waals surface area contributed by atoms with E-state index in [2.05, 4.69) is 4.74 Å². The Morgan fingerprint density at radius 1 is 1.17 bits per heavy atom. The van der Waals surface area contributed by atoms with Crippen molar-refractivity contribution in [3.05, 3.63) is 0 Å². The average Bonchev–Trinajstić information content (AvgIpc) is 2.56. The molecule has 0 bridgehead atoms. The van der Waals surface area contributed by atoms with Crippen molar-refractivity contribution in [1.29, 1.82) is 0 Å². The van der Waals surface area contributed by atoms with Crippen molar-refractivity contribution >= 4 is 5.97 Å². The number of methoxy groups -OCH3 is 1. The molecule has 0 aromatic carbocycles. The summed E-state index contributed by atoms with van der Waals surface area (Å²) in [6.07, 6.45) is -13.7. The Labute approximate surface area is 130 Å². The normalized spacial score (nSPS) is 36.8. The van der Waals surface area contributed by atoms with Crippen LogP contribution < -0.4 is 0 Å². The van der Waals surface area contributed by atoms with Crippen LogP contribution in [0.2, 0.25) is 0 Å². The number of hydrogen-bond donors (Lipinski definition) is 8. The summed E-state index contributed by atoms with van der Waals surface area (Å²) >= 11 is 0. The van der Waals surface area contributed by atoms with E-state index in [9.17, 15) is 35.4 Å². The zero-order valence-electron chi connectivity index (χ0n) is 12.3. The second-order valence-corrected chi connectivity index (χ2v) is 5.26. The molecule has 0 radical (unpaired) electrons. The van der Waals surface area contributed by atoms with Gasteiger partial charge in [-0.3, -0.25) is 0 Å². The number of aliphatic hydroxyl groups excluding tert-OH is 7. The first-order valence-corrected chi connectivity index (χ1v) is 6.75. The van der Waals surface area contributed by atoms with Crippen molar-refractivity contribution < 1.29 is 55.1 Å². The Kier molecular flexibility index (Phi) is 6.82. The molecule has 1 aliphatic rings. The molecular formula is C12H22O11. The molecule has 0 aromatic heterocycles. The van der Waals surface area contributed by atoms with Gasteiger partial charge >= 0.3 is 5.97 Å². The minimum absolute atomic E-state index is 0.836. The molecular weight excluding hydrogens is 320 g/mol. The number of hydrogen-bond acceptors (Lipinski definition) is 11. The molecule has 1 aliphatic heterocycles. The van der Waals surface area contributed by atoms with Gasteiger partial charge in [0.05, 0.1) is 20.3 Å². The fourth-order valence-corrected chi connectivity index (χ4v) is 2.43. The number of esters is 1. The number of rotatable bonds is 6. The summed E-state index contributed by atoms with van der Waals surface area (Å²) in [5.74, 6) is -1.53. The zero-order chi connectivity index (χ0) is 17.9. The Bertz CT molecular complexity index is 402. The van der Waals surface area contributed by atoms with E-state index >= 15 is 0 Å². The highest BCUT2D eigenvalue weighted by Gasteiger charge is 2.61. The zero-order valence-corrected chi connectivity index (χ0v) is 12.3. The van der Waals surface area contributed by atoms with E-state index in [-0.39, 0.29) is 0 Å². The topological polar surface area (TPSA) is 197 Å². The van der Waals surface area contributed by atoms with E-state index in [1.54, 1.807) is 0 Å². The second-order valence-electron chi connectivity index (χ2n) is 5.26. The van der Waals surface area contributed by atoms with Crippen LogP contribution in [-0.4, -0.2) is 115 Å². The summed E-state index contributed by atoms with van der Waals surface area (Å²) in [5.41, 5.74) is -3.09. The predicted molar refractivity (Wildman–Crippen MR) is 69.8 cm³/mol. The van der Waals surface area contributed by atoms with Crippen LogP contribution in [0, 0.1) is 0 Å². The van der Waals surface area contributed by atoms with Gasteiger partial charge in [-0.25, -0.2) is 4.79 Å². The lowest BCUT2D eigenvalue weighted by Gasteiger charge is -2.47. The molecule has 0 amide bonds. The summed E-state index contributed by atoms with van der Waals surface area (Å²) in [6, 6.07) is 0. The molecule has 23 heavy (non-hydrogen) atoms. The largest absolute Gasteiger partial charge is 0.467 e. The first-order chi connectivity index (χ1) is 10.7. The van der Waals surface area contributed by atoms with Crippen LogP contribution >= 0.6 is 0 Å². The molecule has 8 N–H and O–H groups in total. The Morgan fingerprint density at radius 2 is 1.74 bits per heavy atom. The maximum atomic E-state index is 11.9. The molecule has 0 saturated carbocycles. The fourth-order valence-electron chi connectivity index (χ4n) is 2.43. The first kappa shape index (κ1) is 20.2. The smallest absolute Gasteiger partial charge is 0.343 e. The van der Waals surface area contributed by atoms with Crippen LogP contribution in [0.25, 0.3) is 0 Å². The third-order valence-corrected chi connectivity index (χ3v) is 3.84. The quantitative estimate of drug-likeness (QED) is 0.214. The van der Waals surface area contributed by atoms with Gasteiger partial charge in [0.25, 0.3) is 0 Å². The third kappa shape index (κ3) is 3.47. The SMILES string of the molecule is COC(=O)[C@](O)(C1O[C@H](CO)[C@@H](O)[C@H](O)[C@H]1O)[C@H](O)[C@H](O)CO. The van der Waals surface area contributed by atoms with Crippen molar-refractivity contribution in [3.63, 3.8) is 0 Å². The summed E-state index contributed by atoms with van der Waals surface area (Å²) < 4.78 is 9.35. The minimum Gasteiger partial charge on any atom is -0.467 e. The summed E-state index contributed by atoms with van der Waals surface area (Å²) in [4.78, 5) is 11.9. The summed E-state index contributed by atoms with van der Waals surface area (Å²) in [5, 5.41) is 77.3. The fraction of sp³-hybridized carbons (Fsp3) is 0.917. The molecule has 1 unspecified atom stereocenters. The van der Waals surface area contributed by atoms with E-state index in [1.165, 1.54) is 0 Å². The summed E-state index contributed by atoms with van der Waals surface area (Å²) in [7, 11) is 0.843. The van der Waals surface area contributed by atoms with Crippen molar-refractivity contribution in [2.24, 2.45) is 0 Å². The van der Waals surface area contributed by atoms with E-state index in [4.69, 9.17) is 14.9 Å². The highest BCUT2D eigenvalue weighted by atomic mass is 16.6. The molecule has 1 fully saturated rings. The maximum Gasteiger partial charge on any atom is 0.343 e. The van der Waals surface area contributed by atoms with E-state index in [1.807, 2.05) is 0 Å². The molecule has 1 saturated heterocycles. The molecule has 11 nitrogen and oxygen atoms in total. The monoisotopic (exact) mass is 342 g/mol. The van der Waals surface area contributed by atoms with Crippen LogP contribution in [0.15, 0.2) is 0 Å². The van der Waals surface area contributed by atoms with Gasteiger partial charge in [-0.05, 0) is 0 Å². The van der Waals surface area contributed by atoms with Gasteiger partial charge in [-0.1, -0.05) is 0 Å². The number of aliphatic hydroxyl groups is 8. The van der Waals surface area contributed by atoms with Gasteiger partial charge in [0.1, 0.15) is 42.7 Å². The van der Waals surface area contributed by atoms with Crippen molar-refractivity contribution in [3.8, 4) is 0 Å². The van der Waals surface area contributed by atoms with E-state index < -0.39 is 67.5 Å². The average molecular weight is 342 g/mol. The van der Waals surface area contributed by atoms with E-state index in [0.29, 0.717) is 0 Å². The van der Waals surface area contributed by atoms with Gasteiger partial charge in [0.2, 0.25) is 5.60 Å². The minimum atomic E-state index is -3.09. The van der Waals surface area contributed by atoms with Crippen molar-refractivity contribution in [2.75, 3.05) is 20.3 Å². The van der Waals surface area contributed by atoms with Crippen LogP contribution in [0.1, 0.15) is 0 Å². The van der Waals surface area contributed by atoms with Gasteiger partial charge in [-0.15, -0.1) is 0 Å². The maximum absolute atomic E-state index is 11.9. The van der Waals surface area contributed by atoms with Crippen LogP contribution in [-0.2, 0) is 14.3 Å². The van der Waals surface area contributed by atoms with Crippen molar-refractivity contribution in [1.82, 2.24) is 0 Å². The molecule has 1 rings (SSSR count). The molecule has 0 spiro atoms. The Hall–Kier alpha value is -0.890. The van der Waals surface area contributed by atoms with Crippen LogP contribution in [0.3, 0.4) is 0 Å². The molecule has 8 atom stereocenters. The lowest BCUT2D eigenvalue weighted by molar-refractivity contribution is -0.289. The predicted octanol–water partition coefficient (Wildman–Crippen LogP) is -5.55. The Balaban J connectivity index is 3.27. The number of carbonyl (C=O) groups excluding carboxylic acids is 1. The van der Waals surface area contributed by atoms with Gasteiger partial charge in [0, 0.05) is 0 Å². The Morgan fingerprint density at radius 3 is 2.17 bits per heavy atom.